The van der Waals surface area contributed by atoms with E-state index >= 15 is 0 Å². The molecule has 1 amide bonds. The number of hydrogen-bond donors (Lipinski definition) is 1. The number of nitrogens with one attached hydrogen (secondary N) is 1. The SMILES string of the molecule is O=C(Cc1ccc(-c2ccccc2)cc1)NCCc1cc(F)cc(F)c1. The summed E-state index contributed by atoms with van der Waals surface area (Å²) in [5, 5.41) is 2.78. The van der Waals surface area contributed by atoms with Crippen molar-refractivity contribution in [1.82, 2.24) is 5.32 Å². The number of amides is 1. The molecular formula is C22H19F2NO. The van der Waals surface area contributed by atoms with Crippen LogP contribution in [0.5, 0.6) is 0 Å². The molecule has 0 saturated carbocycles. The largest absolute Gasteiger partial charge is 0.355 e. The molecule has 0 unspecified atom stereocenters. The fourth-order valence-electron chi connectivity index (χ4n) is 2.80. The fraction of sp³-hybridized carbons (Fsp3) is 0.136. The highest BCUT2D eigenvalue weighted by atomic mass is 19.1. The molecule has 0 aromatic heterocycles. The number of carbonyl (C=O) groups excluding carboxylic acids is 1. The van der Waals surface area contributed by atoms with Gasteiger partial charge >= 0.3 is 0 Å². The summed E-state index contributed by atoms with van der Waals surface area (Å²) < 4.78 is 26.3. The van der Waals surface area contributed by atoms with Crippen molar-refractivity contribution in [1.29, 1.82) is 0 Å². The number of benzene rings is 3. The maximum absolute atomic E-state index is 13.1. The zero-order chi connectivity index (χ0) is 18.4. The molecule has 0 spiro atoms. The van der Waals surface area contributed by atoms with Crippen molar-refractivity contribution in [3.63, 3.8) is 0 Å². The second-order valence-corrected chi connectivity index (χ2v) is 6.12. The molecule has 1 N–H and O–H groups in total. The Morgan fingerprint density at radius 1 is 0.769 bits per heavy atom. The van der Waals surface area contributed by atoms with Gasteiger partial charge in [0.2, 0.25) is 5.91 Å². The second-order valence-electron chi connectivity index (χ2n) is 6.12. The highest BCUT2D eigenvalue weighted by Crippen LogP contribution is 2.19. The van der Waals surface area contributed by atoms with E-state index in [-0.39, 0.29) is 12.3 Å². The lowest BCUT2D eigenvalue weighted by molar-refractivity contribution is -0.120. The molecule has 26 heavy (non-hydrogen) atoms. The molecule has 3 rings (SSSR count). The van der Waals surface area contributed by atoms with E-state index in [2.05, 4.69) is 5.32 Å². The zero-order valence-corrected chi connectivity index (χ0v) is 14.2. The van der Waals surface area contributed by atoms with Crippen LogP contribution in [0.25, 0.3) is 11.1 Å². The van der Waals surface area contributed by atoms with Gasteiger partial charge in [-0.05, 0) is 40.8 Å². The molecule has 3 aromatic rings. The molecule has 0 fully saturated rings. The van der Waals surface area contributed by atoms with Crippen molar-refractivity contribution in [3.05, 3.63) is 95.6 Å². The van der Waals surface area contributed by atoms with Gasteiger partial charge in [0.25, 0.3) is 0 Å². The normalized spacial score (nSPS) is 10.5. The molecule has 4 heteroatoms. The average Bonchev–Trinajstić information content (AvgIpc) is 2.62. The van der Waals surface area contributed by atoms with E-state index in [4.69, 9.17) is 0 Å². The van der Waals surface area contributed by atoms with Gasteiger partial charge in [-0.15, -0.1) is 0 Å². The van der Waals surface area contributed by atoms with E-state index < -0.39 is 11.6 Å². The standard InChI is InChI=1S/C22H19F2NO/c23-20-12-17(13-21(24)15-20)10-11-25-22(26)14-16-6-8-19(9-7-16)18-4-2-1-3-5-18/h1-9,12-13,15H,10-11,14H2,(H,25,26). The first kappa shape index (κ1) is 17.8. The summed E-state index contributed by atoms with van der Waals surface area (Å²) in [6.07, 6.45) is 0.653. The van der Waals surface area contributed by atoms with Crippen LogP contribution in [0, 0.1) is 11.6 Å². The maximum atomic E-state index is 13.1. The lowest BCUT2D eigenvalue weighted by Crippen LogP contribution is -2.27. The third kappa shape index (κ3) is 4.99. The van der Waals surface area contributed by atoms with Crippen molar-refractivity contribution in [2.24, 2.45) is 0 Å². The minimum Gasteiger partial charge on any atom is -0.355 e. The second kappa shape index (κ2) is 8.39. The lowest BCUT2D eigenvalue weighted by atomic mass is 10.0. The number of halogens is 2. The predicted octanol–water partition coefficient (Wildman–Crippen LogP) is 4.53. The van der Waals surface area contributed by atoms with Crippen molar-refractivity contribution in [2.75, 3.05) is 6.54 Å². The van der Waals surface area contributed by atoms with Crippen LogP contribution in [-0.4, -0.2) is 12.5 Å². The first-order valence-corrected chi connectivity index (χ1v) is 8.46. The minimum absolute atomic E-state index is 0.116. The quantitative estimate of drug-likeness (QED) is 0.694. The van der Waals surface area contributed by atoms with Crippen LogP contribution in [0.4, 0.5) is 8.78 Å². The molecule has 0 radical (unpaired) electrons. The Morgan fingerprint density at radius 2 is 1.38 bits per heavy atom. The van der Waals surface area contributed by atoms with Crippen LogP contribution < -0.4 is 5.32 Å². The van der Waals surface area contributed by atoms with Crippen LogP contribution in [0.3, 0.4) is 0 Å². The Morgan fingerprint density at radius 3 is 2.04 bits per heavy atom. The Balaban J connectivity index is 1.50. The van der Waals surface area contributed by atoms with Crippen LogP contribution in [0.1, 0.15) is 11.1 Å². The highest BCUT2D eigenvalue weighted by Gasteiger charge is 2.05. The molecule has 0 aliphatic heterocycles. The van der Waals surface area contributed by atoms with Crippen molar-refractivity contribution < 1.29 is 13.6 Å². The van der Waals surface area contributed by atoms with Gasteiger partial charge in [0.15, 0.2) is 0 Å². The van der Waals surface area contributed by atoms with E-state index in [1.807, 2.05) is 54.6 Å². The van der Waals surface area contributed by atoms with Crippen molar-refractivity contribution >= 4 is 5.91 Å². The molecule has 0 heterocycles. The van der Waals surface area contributed by atoms with Gasteiger partial charge in [0, 0.05) is 12.6 Å². The topological polar surface area (TPSA) is 29.1 Å². The number of carbonyl (C=O) groups is 1. The zero-order valence-electron chi connectivity index (χ0n) is 14.2. The summed E-state index contributed by atoms with van der Waals surface area (Å²) in [5.74, 6) is -1.33. The molecular weight excluding hydrogens is 332 g/mol. The molecule has 0 atom stereocenters. The van der Waals surface area contributed by atoms with E-state index in [0.717, 1.165) is 22.8 Å². The van der Waals surface area contributed by atoms with Gasteiger partial charge in [-0.25, -0.2) is 8.78 Å². The Bertz CT molecular complexity index is 856. The summed E-state index contributed by atoms with van der Waals surface area (Å²) >= 11 is 0. The molecule has 2 nitrogen and oxygen atoms in total. The van der Waals surface area contributed by atoms with Crippen molar-refractivity contribution in [3.8, 4) is 11.1 Å². The molecule has 0 aliphatic rings. The summed E-state index contributed by atoms with van der Waals surface area (Å²) in [5.41, 5.74) is 3.67. The van der Waals surface area contributed by atoms with E-state index in [0.29, 0.717) is 18.5 Å². The van der Waals surface area contributed by atoms with Crippen molar-refractivity contribution in [2.45, 2.75) is 12.8 Å². The predicted molar refractivity (Wildman–Crippen MR) is 98.7 cm³/mol. The van der Waals surface area contributed by atoms with Gasteiger partial charge in [-0.3, -0.25) is 4.79 Å². The van der Waals surface area contributed by atoms with Crippen LogP contribution in [0.15, 0.2) is 72.8 Å². The lowest BCUT2D eigenvalue weighted by Gasteiger charge is -2.07. The molecule has 0 aliphatic carbocycles. The summed E-state index contributed by atoms with van der Waals surface area (Å²) in [6, 6.07) is 21.3. The summed E-state index contributed by atoms with van der Waals surface area (Å²) in [7, 11) is 0. The van der Waals surface area contributed by atoms with Gasteiger partial charge < -0.3 is 5.32 Å². The first-order chi connectivity index (χ1) is 12.6. The summed E-state index contributed by atoms with van der Waals surface area (Å²) in [6.45, 7) is 0.337. The van der Waals surface area contributed by atoms with Gasteiger partial charge in [0.05, 0.1) is 6.42 Å². The van der Waals surface area contributed by atoms with E-state index in [1.165, 1.54) is 12.1 Å². The van der Waals surface area contributed by atoms with E-state index in [9.17, 15) is 13.6 Å². The van der Waals surface area contributed by atoms with Gasteiger partial charge in [-0.2, -0.15) is 0 Å². The molecule has 3 aromatic carbocycles. The molecule has 0 bridgehead atoms. The van der Waals surface area contributed by atoms with Gasteiger partial charge in [0.1, 0.15) is 11.6 Å². The maximum Gasteiger partial charge on any atom is 0.224 e. The minimum atomic E-state index is -0.607. The Labute approximate surface area is 151 Å². The highest BCUT2D eigenvalue weighted by molar-refractivity contribution is 5.78. The Kier molecular flexibility index (Phi) is 5.74. The van der Waals surface area contributed by atoms with Crippen LogP contribution in [0.2, 0.25) is 0 Å². The third-order valence-electron chi connectivity index (χ3n) is 4.08. The van der Waals surface area contributed by atoms with E-state index in [1.54, 1.807) is 0 Å². The molecule has 0 saturated heterocycles. The fourth-order valence-corrected chi connectivity index (χ4v) is 2.80. The number of rotatable bonds is 6. The summed E-state index contributed by atoms with van der Waals surface area (Å²) in [4.78, 5) is 12.0. The van der Waals surface area contributed by atoms with Crippen LogP contribution in [-0.2, 0) is 17.6 Å². The van der Waals surface area contributed by atoms with Gasteiger partial charge in [-0.1, -0.05) is 54.6 Å². The first-order valence-electron chi connectivity index (χ1n) is 8.46. The monoisotopic (exact) mass is 351 g/mol. The number of hydrogen-bond acceptors (Lipinski definition) is 1. The Hall–Kier alpha value is -3.01. The van der Waals surface area contributed by atoms with Crippen LogP contribution >= 0.6 is 0 Å². The third-order valence-corrected chi connectivity index (χ3v) is 4.08. The average molecular weight is 351 g/mol. The molecule has 132 valence electrons. The smallest absolute Gasteiger partial charge is 0.224 e.